The Hall–Kier alpha value is -0.900. The number of nitrogens with two attached hydrogens (primary N) is 1. The van der Waals surface area contributed by atoms with E-state index in [-0.39, 0.29) is 30.0 Å². The number of aryl methyl sites for hydroxylation is 2. The second-order valence-electron chi connectivity index (χ2n) is 5.41. The van der Waals surface area contributed by atoms with Crippen LogP contribution in [-0.4, -0.2) is 47.0 Å². The third-order valence-corrected chi connectivity index (χ3v) is 3.56. The largest absolute Gasteiger partial charge is 0.383 e. The molecule has 2 atom stereocenters. The van der Waals surface area contributed by atoms with Crippen molar-refractivity contribution in [1.29, 1.82) is 0 Å². The fourth-order valence-electron chi connectivity index (χ4n) is 2.50. The third kappa shape index (κ3) is 5.10. The van der Waals surface area contributed by atoms with E-state index in [2.05, 4.69) is 25.1 Å². The van der Waals surface area contributed by atoms with Crippen LogP contribution in [0.1, 0.15) is 25.0 Å². The van der Waals surface area contributed by atoms with E-state index >= 15 is 0 Å². The van der Waals surface area contributed by atoms with Crippen LogP contribution in [0.2, 0.25) is 0 Å². The number of halogens is 1. The summed E-state index contributed by atoms with van der Waals surface area (Å²) in [4.78, 5) is 4.43. The number of hydrogen-bond donors (Lipinski definition) is 2. The molecule has 0 aromatic carbocycles. The Morgan fingerprint density at radius 2 is 2.33 bits per heavy atom. The molecule has 120 valence electrons. The highest BCUT2D eigenvalue weighted by Crippen LogP contribution is 2.19. The molecule has 2 heterocycles. The summed E-state index contributed by atoms with van der Waals surface area (Å²) in [6.07, 6.45) is 2.05. The van der Waals surface area contributed by atoms with Crippen molar-refractivity contribution in [3.8, 4) is 0 Å². The van der Waals surface area contributed by atoms with Gasteiger partial charge in [-0.25, -0.2) is 0 Å². The van der Waals surface area contributed by atoms with E-state index in [0.29, 0.717) is 18.5 Å². The number of hydrogen-bond acceptors (Lipinski definition) is 4. The Balaban J connectivity index is 0.00000220. The van der Waals surface area contributed by atoms with Crippen LogP contribution in [0, 0.1) is 12.8 Å². The molecule has 1 aliphatic rings. The molecule has 0 radical (unpaired) electrons. The fraction of sp³-hybridized carbons (Fsp3) is 0.769. The number of nitrogens with zero attached hydrogens (tertiary/aromatic N) is 4. The maximum Gasteiger partial charge on any atom is 0.188 e. The van der Waals surface area contributed by atoms with Crippen molar-refractivity contribution in [3.63, 3.8) is 0 Å². The maximum atomic E-state index is 5.88. The minimum atomic E-state index is 0. The first kappa shape index (κ1) is 18.1. The molecule has 2 rings (SSSR count). The summed E-state index contributed by atoms with van der Waals surface area (Å²) in [6, 6.07) is 0.168. The SMILES string of the molecule is COCC(C)NC(N)=NCC1CCc2nnc(C)n2C1.I. The number of nitrogens with one attached hydrogen (secondary N) is 1. The molecular weight excluding hydrogens is 383 g/mol. The van der Waals surface area contributed by atoms with Gasteiger partial charge in [0.1, 0.15) is 11.6 Å². The van der Waals surface area contributed by atoms with Crippen LogP contribution in [-0.2, 0) is 17.7 Å². The lowest BCUT2D eigenvalue weighted by Gasteiger charge is -2.22. The summed E-state index contributed by atoms with van der Waals surface area (Å²) in [5, 5.41) is 11.4. The second kappa shape index (κ2) is 8.52. The van der Waals surface area contributed by atoms with Crippen molar-refractivity contribution >= 4 is 29.9 Å². The van der Waals surface area contributed by atoms with Crippen LogP contribution in [0.25, 0.3) is 0 Å². The van der Waals surface area contributed by atoms with E-state index in [4.69, 9.17) is 10.5 Å². The highest BCUT2D eigenvalue weighted by molar-refractivity contribution is 14.0. The Bertz CT molecular complexity index is 475. The van der Waals surface area contributed by atoms with Gasteiger partial charge < -0.3 is 20.4 Å². The first-order chi connectivity index (χ1) is 9.60. The summed E-state index contributed by atoms with van der Waals surface area (Å²) >= 11 is 0. The molecule has 0 saturated carbocycles. The molecule has 8 heteroatoms. The van der Waals surface area contributed by atoms with Crippen LogP contribution in [0.3, 0.4) is 0 Å². The zero-order valence-electron chi connectivity index (χ0n) is 12.9. The lowest BCUT2D eigenvalue weighted by atomic mass is 9.99. The van der Waals surface area contributed by atoms with Gasteiger partial charge in [0.2, 0.25) is 0 Å². The Kier molecular flexibility index (Phi) is 7.36. The van der Waals surface area contributed by atoms with E-state index in [0.717, 1.165) is 37.6 Å². The number of guanidine groups is 1. The van der Waals surface area contributed by atoms with Crippen molar-refractivity contribution in [2.75, 3.05) is 20.3 Å². The van der Waals surface area contributed by atoms with Gasteiger partial charge in [0.05, 0.1) is 6.61 Å². The summed E-state index contributed by atoms with van der Waals surface area (Å²) in [5.74, 6) is 3.05. The molecule has 1 aliphatic heterocycles. The van der Waals surface area contributed by atoms with Crippen molar-refractivity contribution in [2.45, 2.75) is 39.3 Å². The Morgan fingerprint density at radius 3 is 3.05 bits per heavy atom. The van der Waals surface area contributed by atoms with E-state index in [1.165, 1.54) is 0 Å². The van der Waals surface area contributed by atoms with Gasteiger partial charge in [-0.2, -0.15) is 0 Å². The van der Waals surface area contributed by atoms with Crippen LogP contribution in [0.5, 0.6) is 0 Å². The highest BCUT2D eigenvalue weighted by atomic mass is 127. The smallest absolute Gasteiger partial charge is 0.188 e. The molecule has 3 N–H and O–H groups in total. The quantitative estimate of drug-likeness (QED) is 0.426. The van der Waals surface area contributed by atoms with Crippen molar-refractivity contribution < 1.29 is 4.74 Å². The lowest BCUT2D eigenvalue weighted by molar-refractivity contribution is 0.179. The zero-order chi connectivity index (χ0) is 14.5. The van der Waals surface area contributed by atoms with Gasteiger partial charge in [-0.1, -0.05) is 0 Å². The molecule has 2 unspecified atom stereocenters. The number of methoxy groups -OCH3 is 1. The van der Waals surface area contributed by atoms with Gasteiger partial charge in [-0.15, -0.1) is 34.2 Å². The van der Waals surface area contributed by atoms with Crippen molar-refractivity contribution in [1.82, 2.24) is 20.1 Å². The van der Waals surface area contributed by atoms with Gasteiger partial charge in [-0.05, 0) is 26.2 Å². The van der Waals surface area contributed by atoms with Crippen LogP contribution in [0.15, 0.2) is 4.99 Å². The molecule has 0 bridgehead atoms. The molecule has 0 spiro atoms. The fourth-order valence-corrected chi connectivity index (χ4v) is 2.50. The lowest BCUT2D eigenvalue weighted by Crippen LogP contribution is -2.41. The summed E-state index contributed by atoms with van der Waals surface area (Å²) in [5.41, 5.74) is 5.88. The molecule has 21 heavy (non-hydrogen) atoms. The van der Waals surface area contributed by atoms with Crippen molar-refractivity contribution in [2.24, 2.45) is 16.6 Å². The standard InChI is InChI=1S/C13H24N6O.HI/c1-9(8-20-3)16-13(14)15-6-11-4-5-12-18-17-10(2)19(12)7-11;/h9,11H,4-8H2,1-3H3,(H3,14,15,16);1H. The Labute approximate surface area is 142 Å². The van der Waals surface area contributed by atoms with Crippen LogP contribution >= 0.6 is 24.0 Å². The Morgan fingerprint density at radius 1 is 1.57 bits per heavy atom. The summed E-state index contributed by atoms with van der Waals surface area (Å²) in [6.45, 7) is 6.28. The number of aromatic nitrogens is 3. The molecule has 0 fully saturated rings. The minimum absolute atomic E-state index is 0. The van der Waals surface area contributed by atoms with Gasteiger partial charge in [0.25, 0.3) is 0 Å². The predicted molar refractivity (Wildman–Crippen MR) is 92.9 cm³/mol. The minimum Gasteiger partial charge on any atom is -0.383 e. The predicted octanol–water partition coefficient (Wildman–Crippen LogP) is 0.706. The average Bonchev–Trinajstić information content (AvgIpc) is 2.78. The molecule has 7 nitrogen and oxygen atoms in total. The first-order valence-electron chi connectivity index (χ1n) is 7.04. The highest BCUT2D eigenvalue weighted by Gasteiger charge is 2.21. The van der Waals surface area contributed by atoms with Crippen LogP contribution in [0.4, 0.5) is 0 Å². The van der Waals surface area contributed by atoms with Gasteiger partial charge in [0.15, 0.2) is 5.96 Å². The molecule has 0 amide bonds. The van der Waals surface area contributed by atoms with E-state index in [1.54, 1.807) is 7.11 Å². The molecular formula is C13H25IN6O. The monoisotopic (exact) mass is 408 g/mol. The number of ether oxygens (including phenoxy) is 1. The second-order valence-corrected chi connectivity index (χ2v) is 5.41. The summed E-state index contributed by atoms with van der Waals surface area (Å²) in [7, 11) is 1.67. The third-order valence-electron chi connectivity index (χ3n) is 3.56. The van der Waals surface area contributed by atoms with Crippen molar-refractivity contribution in [3.05, 3.63) is 11.6 Å². The molecule has 0 aliphatic carbocycles. The normalized spacial score (nSPS) is 19.6. The van der Waals surface area contributed by atoms with E-state index in [9.17, 15) is 0 Å². The number of rotatable bonds is 5. The first-order valence-corrected chi connectivity index (χ1v) is 7.04. The number of aliphatic imine (C=N–C) groups is 1. The maximum absolute atomic E-state index is 5.88. The van der Waals surface area contributed by atoms with E-state index < -0.39 is 0 Å². The van der Waals surface area contributed by atoms with E-state index in [1.807, 2.05) is 13.8 Å². The molecule has 0 saturated heterocycles. The van der Waals surface area contributed by atoms with Gasteiger partial charge >= 0.3 is 0 Å². The molecule has 1 aromatic heterocycles. The van der Waals surface area contributed by atoms with Gasteiger partial charge in [0, 0.05) is 32.7 Å². The zero-order valence-corrected chi connectivity index (χ0v) is 15.2. The summed E-state index contributed by atoms with van der Waals surface area (Å²) < 4.78 is 7.23. The number of fused-ring (bicyclic) bond motifs is 1. The topological polar surface area (TPSA) is 90.3 Å². The molecule has 1 aromatic rings. The van der Waals surface area contributed by atoms with Gasteiger partial charge in [-0.3, -0.25) is 4.99 Å². The van der Waals surface area contributed by atoms with Crippen LogP contribution < -0.4 is 11.1 Å². The average molecular weight is 408 g/mol.